The Morgan fingerprint density at radius 1 is 1.16 bits per heavy atom. The zero-order valence-electron chi connectivity index (χ0n) is 17.3. The SMILES string of the molecule is CCc1nc2ccc(Cl)cn2c1C(=O)NCc1ccc(N2CCC(C(=O)O)CC2)cc1. The van der Waals surface area contributed by atoms with Gasteiger partial charge in [0.05, 0.1) is 16.6 Å². The van der Waals surface area contributed by atoms with Crippen LogP contribution in [0.25, 0.3) is 5.65 Å². The minimum absolute atomic E-state index is 0.188. The first-order chi connectivity index (χ1) is 15.0. The maximum atomic E-state index is 12.9. The van der Waals surface area contributed by atoms with E-state index in [4.69, 9.17) is 16.7 Å². The van der Waals surface area contributed by atoms with E-state index >= 15 is 0 Å². The van der Waals surface area contributed by atoms with Crippen molar-refractivity contribution in [2.24, 2.45) is 5.92 Å². The topological polar surface area (TPSA) is 86.9 Å². The number of anilines is 1. The van der Waals surface area contributed by atoms with Crippen molar-refractivity contribution in [3.05, 3.63) is 64.6 Å². The van der Waals surface area contributed by atoms with Crippen LogP contribution in [-0.2, 0) is 17.8 Å². The third-order valence-electron chi connectivity index (χ3n) is 5.80. The van der Waals surface area contributed by atoms with Gasteiger partial charge in [-0.05, 0) is 49.1 Å². The van der Waals surface area contributed by atoms with E-state index in [2.05, 4.69) is 15.2 Å². The molecule has 2 aromatic heterocycles. The Balaban J connectivity index is 1.41. The predicted molar refractivity (Wildman–Crippen MR) is 120 cm³/mol. The molecule has 7 nitrogen and oxygen atoms in total. The van der Waals surface area contributed by atoms with Gasteiger partial charge in [-0.1, -0.05) is 30.7 Å². The van der Waals surface area contributed by atoms with Gasteiger partial charge in [0, 0.05) is 31.5 Å². The van der Waals surface area contributed by atoms with E-state index in [-0.39, 0.29) is 11.8 Å². The number of imidazole rings is 1. The first-order valence-electron chi connectivity index (χ1n) is 10.5. The highest BCUT2D eigenvalue weighted by Gasteiger charge is 2.24. The summed E-state index contributed by atoms with van der Waals surface area (Å²) in [6, 6.07) is 11.6. The molecule has 4 rings (SSSR count). The Morgan fingerprint density at radius 2 is 1.87 bits per heavy atom. The molecule has 3 heterocycles. The van der Waals surface area contributed by atoms with Crippen molar-refractivity contribution in [2.45, 2.75) is 32.7 Å². The molecule has 0 aliphatic carbocycles. The molecule has 31 heavy (non-hydrogen) atoms. The van der Waals surface area contributed by atoms with Gasteiger partial charge in [-0.25, -0.2) is 4.98 Å². The van der Waals surface area contributed by atoms with Gasteiger partial charge in [-0.2, -0.15) is 0 Å². The Labute approximate surface area is 185 Å². The Bertz CT molecular complexity index is 1100. The maximum absolute atomic E-state index is 12.9. The molecule has 8 heteroatoms. The number of halogens is 1. The highest BCUT2D eigenvalue weighted by atomic mass is 35.5. The summed E-state index contributed by atoms with van der Waals surface area (Å²) in [4.78, 5) is 30.8. The number of aliphatic carboxylic acids is 1. The molecule has 1 amide bonds. The number of carbonyl (C=O) groups excluding carboxylic acids is 1. The molecule has 0 bridgehead atoms. The summed E-state index contributed by atoms with van der Waals surface area (Å²) in [5.41, 5.74) is 4.01. The molecule has 1 fully saturated rings. The van der Waals surface area contributed by atoms with Gasteiger partial charge in [0.25, 0.3) is 5.91 Å². The molecular formula is C23H25ClN4O3. The van der Waals surface area contributed by atoms with Crippen molar-refractivity contribution in [1.29, 1.82) is 0 Å². The summed E-state index contributed by atoms with van der Waals surface area (Å²) in [6.45, 7) is 3.85. The number of fused-ring (bicyclic) bond motifs is 1. The number of aryl methyl sites for hydroxylation is 1. The number of hydrogen-bond acceptors (Lipinski definition) is 4. The summed E-state index contributed by atoms with van der Waals surface area (Å²) in [7, 11) is 0. The third-order valence-corrected chi connectivity index (χ3v) is 6.03. The van der Waals surface area contributed by atoms with Crippen LogP contribution in [0.5, 0.6) is 0 Å². The largest absolute Gasteiger partial charge is 0.481 e. The molecule has 0 saturated carbocycles. The highest BCUT2D eigenvalue weighted by Crippen LogP contribution is 2.24. The van der Waals surface area contributed by atoms with Crippen molar-refractivity contribution < 1.29 is 14.7 Å². The zero-order chi connectivity index (χ0) is 22.0. The second-order valence-electron chi connectivity index (χ2n) is 7.78. The molecule has 2 N–H and O–H groups in total. The van der Waals surface area contributed by atoms with Crippen LogP contribution in [-0.4, -0.2) is 39.5 Å². The minimum Gasteiger partial charge on any atom is -0.481 e. The van der Waals surface area contributed by atoms with Crippen molar-refractivity contribution in [3.63, 3.8) is 0 Å². The van der Waals surface area contributed by atoms with E-state index in [1.165, 1.54) is 0 Å². The summed E-state index contributed by atoms with van der Waals surface area (Å²) in [5.74, 6) is -1.13. The second-order valence-corrected chi connectivity index (χ2v) is 8.22. The molecule has 162 valence electrons. The smallest absolute Gasteiger partial charge is 0.306 e. The Hall–Kier alpha value is -3.06. The lowest BCUT2D eigenvalue weighted by atomic mass is 9.96. The van der Waals surface area contributed by atoms with E-state index in [1.807, 2.05) is 31.2 Å². The van der Waals surface area contributed by atoms with Crippen LogP contribution in [0.3, 0.4) is 0 Å². The number of aromatic nitrogens is 2. The number of piperidine rings is 1. The molecule has 1 aromatic carbocycles. The molecule has 0 radical (unpaired) electrons. The minimum atomic E-state index is -0.704. The van der Waals surface area contributed by atoms with E-state index in [0.29, 0.717) is 42.2 Å². The lowest BCUT2D eigenvalue weighted by Crippen LogP contribution is -2.36. The van der Waals surface area contributed by atoms with Crippen LogP contribution in [0.2, 0.25) is 5.02 Å². The number of rotatable bonds is 6. The van der Waals surface area contributed by atoms with Crippen LogP contribution in [0.4, 0.5) is 5.69 Å². The maximum Gasteiger partial charge on any atom is 0.306 e. The van der Waals surface area contributed by atoms with Crippen molar-refractivity contribution in [1.82, 2.24) is 14.7 Å². The van der Waals surface area contributed by atoms with Gasteiger partial charge in [0.1, 0.15) is 11.3 Å². The molecule has 0 atom stereocenters. The predicted octanol–water partition coefficient (Wildman–Crippen LogP) is 3.78. The third kappa shape index (κ3) is 4.51. The fourth-order valence-electron chi connectivity index (χ4n) is 4.03. The first-order valence-corrected chi connectivity index (χ1v) is 10.9. The summed E-state index contributed by atoms with van der Waals surface area (Å²) in [5, 5.41) is 12.7. The van der Waals surface area contributed by atoms with E-state index in [9.17, 15) is 9.59 Å². The monoisotopic (exact) mass is 440 g/mol. The molecule has 0 unspecified atom stereocenters. The fraction of sp³-hybridized carbons (Fsp3) is 0.348. The van der Waals surface area contributed by atoms with Gasteiger partial charge in [-0.15, -0.1) is 0 Å². The number of nitrogens with zero attached hydrogens (tertiary/aromatic N) is 3. The van der Waals surface area contributed by atoms with E-state index in [1.54, 1.807) is 22.7 Å². The van der Waals surface area contributed by atoms with Crippen LogP contribution < -0.4 is 10.2 Å². The number of pyridine rings is 1. The van der Waals surface area contributed by atoms with Crippen LogP contribution in [0.1, 0.15) is 41.5 Å². The van der Waals surface area contributed by atoms with Crippen LogP contribution in [0, 0.1) is 5.92 Å². The number of benzene rings is 1. The summed E-state index contributed by atoms with van der Waals surface area (Å²) < 4.78 is 1.74. The molecule has 1 saturated heterocycles. The van der Waals surface area contributed by atoms with Gasteiger partial charge in [0.2, 0.25) is 0 Å². The van der Waals surface area contributed by atoms with Crippen LogP contribution >= 0.6 is 11.6 Å². The van der Waals surface area contributed by atoms with E-state index < -0.39 is 5.97 Å². The number of carbonyl (C=O) groups is 2. The highest BCUT2D eigenvalue weighted by molar-refractivity contribution is 6.30. The lowest BCUT2D eigenvalue weighted by molar-refractivity contribution is -0.142. The molecule has 1 aliphatic rings. The first kappa shape index (κ1) is 21.2. The fourth-order valence-corrected chi connectivity index (χ4v) is 4.19. The average Bonchev–Trinajstić information content (AvgIpc) is 3.15. The van der Waals surface area contributed by atoms with Gasteiger partial charge in [-0.3, -0.25) is 14.0 Å². The number of nitrogens with one attached hydrogen (secondary N) is 1. The summed E-state index contributed by atoms with van der Waals surface area (Å²) in [6.07, 6.45) is 3.68. The molecular weight excluding hydrogens is 416 g/mol. The number of carboxylic acid groups (broad SMARTS) is 1. The molecule has 3 aromatic rings. The van der Waals surface area contributed by atoms with Crippen molar-refractivity contribution in [2.75, 3.05) is 18.0 Å². The van der Waals surface area contributed by atoms with Gasteiger partial charge >= 0.3 is 5.97 Å². The molecule has 0 spiro atoms. The lowest BCUT2D eigenvalue weighted by Gasteiger charge is -2.32. The standard InChI is InChI=1S/C23H25ClN4O3/c1-2-19-21(28-14-17(24)5-8-20(28)26-19)22(29)25-13-15-3-6-18(7-4-15)27-11-9-16(10-12-27)23(30)31/h3-8,14,16H,2,9-13H2,1H3,(H,25,29)(H,30,31). The quantitative estimate of drug-likeness (QED) is 0.609. The normalized spacial score (nSPS) is 14.7. The van der Waals surface area contributed by atoms with Gasteiger partial charge in [0.15, 0.2) is 0 Å². The second kappa shape index (κ2) is 8.98. The van der Waals surface area contributed by atoms with E-state index in [0.717, 1.165) is 30.0 Å². The zero-order valence-corrected chi connectivity index (χ0v) is 18.1. The summed E-state index contributed by atoms with van der Waals surface area (Å²) >= 11 is 6.11. The molecule has 1 aliphatic heterocycles. The van der Waals surface area contributed by atoms with Crippen molar-refractivity contribution in [3.8, 4) is 0 Å². The average molecular weight is 441 g/mol. The number of amides is 1. The van der Waals surface area contributed by atoms with Crippen molar-refractivity contribution >= 4 is 34.8 Å². The van der Waals surface area contributed by atoms with Crippen LogP contribution in [0.15, 0.2) is 42.6 Å². The number of hydrogen-bond donors (Lipinski definition) is 2. The number of carboxylic acids is 1. The van der Waals surface area contributed by atoms with Gasteiger partial charge < -0.3 is 15.3 Å². The Kier molecular flexibility index (Phi) is 6.13. The Morgan fingerprint density at radius 3 is 2.52 bits per heavy atom.